The molecule has 0 saturated heterocycles. The van der Waals surface area contributed by atoms with Crippen molar-refractivity contribution in [3.8, 4) is 0 Å². The Morgan fingerprint density at radius 1 is 1.11 bits per heavy atom. The zero-order chi connectivity index (χ0) is 14.4. The number of alkyl halides is 3. The van der Waals surface area contributed by atoms with Crippen molar-refractivity contribution in [3.63, 3.8) is 0 Å². The normalized spacial score (nSPS) is 13.7. The van der Waals surface area contributed by atoms with Crippen molar-refractivity contribution >= 4 is 0 Å². The van der Waals surface area contributed by atoms with Crippen molar-refractivity contribution in [1.29, 1.82) is 0 Å². The van der Waals surface area contributed by atoms with Crippen LogP contribution in [0.2, 0.25) is 0 Å². The van der Waals surface area contributed by atoms with Gasteiger partial charge in [-0.2, -0.15) is 13.2 Å². The summed E-state index contributed by atoms with van der Waals surface area (Å²) < 4.78 is 37.1. The summed E-state index contributed by atoms with van der Waals surface area (Å²) in [6.45, 7) is 11.7. The number of hydrogen-bond acceptors (Lipinski definition) is 2. The van der Waals surface area contributed by atoms with Crippen LogP contribution in [0, 0.1) is 11.3 Å². The predicted octanol–water partition coefficient (Wildman–Crippen LogP) is 3.14. The third-order valence-electron chi connectivity index (χ3n) is 2.66. The zero-order valence-electron chi connectivity index (χ0n) is 12.2. The summed E-state index contributed by atoms with van der Waals surface area (Å²) in [5.74, 6) is 0.554. The van der Waals surface area contributed by atoms with Gasteiger partial charge in [0.25, 0.3) is 0 Å². The molecule has 0 aromatic rings. The largest absolute Gasteiger partial charge is 0.401 e. The molecule has 18 heavy (non-hydrogen) atoms. The molecular formula is C13H27F3N2. The van der Waals surface area contributed by atoms with Crippen LogP contribution in [-0.2, 0) is 0 Å². The van der Waals surface area contributed by atoms with Crippen LogP contribution in [0.25, 0.3) is 0 Å². The van der Waals surface area contributed by atoms with Crippen molar-refractivity contribution in [2.75, 3.05) is 32.7 Å². The van der Waals surface area contributed by atoms with Crippen LogP contribution >= 0.6 is 0 Å². The molecule has 0 aliphatic carbocycles. The van der Waals surface area contributed by atoms with Gasteiger partial charge in [-0.3, -0.25) is 4.90 Å². The molecule has 5 heteroatoms. The smallest absolute Gasteiger partial charge is 0.316 e. The van der Waals surface area contributed by atoms with Gasteiger partial charge in [0.15, 0.2) is 0 Å². The highest BCUT2D eigenvalue weighted by atomic mass is 19.4. The van der Waals surface area contributed by atoms with Gasteiger partial charge in [0, 0.05) is 13.1 Å². The van der Waals surface area contributed by atoms with E-state index in [1.54, 1.807) is 6.92 Å². The maximum atomic E-state index is 12.4. The first kappa shape index (κ1) is 17.7. The number of nitrogens with one attached hydrogen (secondary N) is 1. The summed E-state index contributed by atoms with van der Waals surface area (Å²) in [5, 5.41) is 3.31. The Balaban J connectivity index is 4.17. The van der Waals surface area contributed by atoms with Gasteiger partial charge in [-0.25, -0.2) is 0 Å². The average molecular weight is 268 g/mol. The van der Waals surface area contributed by atoms with Gasteiger partial charge in [0.05, 0.1) is 6.54 Å². The molecular weight excluding hydrogens is 241 g/mol. The Bertz CT molecular complexity index is 225. The van der Waals surface area contributed by atoms with E-state index < -0.39 is 12.7 Å². The second-order valence-electron chi connectivity index (χ2n) is 6.11. The van der Waals surface area contributed by atoms with Crippen LogP contribution in [0.4, 0.5) is 13.2 Å². The second kappa shape index (κ2) is 7.34. The van der Waals surface area contributed by atoms with E-state index in [1.165, 1.54) is 4.90 Å². The van der Waals surface area contributed by atoms with Crippen LogP contribution in [0.15, 0.2) is 0 Å². The molecule has 0 amide bonds. The molecule has 110 valence electrons. The Kier molecular flexibility index (Phi) is 7.22. The maximum Gasteiger partial charge on any atom is 0.401 e. The molecule has 0 atom stereocenters. The van der Waals surface area contributed by atoms with Crippen LogP contribution in [-0.4, -0.2) is 43.8 Å². The Morgan fingerprint density at radius 2 is 1.67 bits per heavy atom. The fourth-order valence-corrected chi connectivity index (χ4v) is 1.89. The topological polar surface area (TPSA) is 15.3 Å². The number of hydrogen-bond donors (Lipinski definition) is 1. The first-order valence-electron chi connectivity index (χ1n) is 6.55. The highest BCUT2D eigenvalue weighted by Gasteiger charge is 2.32. The minimum atomic E-state index is -4.11. The van der Waals surface area contributed by atoms with Crippen LogP contribution in [0.1, 0.15) is 34.6 Å². The minimum absolute atomic E-state index is 0.157. The quantitative estimate of drug-likeness (QED) is 0.727. The van der Waals surface area contributed by atoms with Gasteiger partial charge in [-0.1, -0.05) is 34.6 Å². The standard InChI is InChI=1S/C13H27F3N2/c1-6-18(10-13(14,15)16)9-12(4,5)8-17-7-11(2)3/h11,17H,6-10H2,1-5H3. The molecule has 0 heterocycles. The molecule has 0 rings (SSSR count). The number of nitrogens with zero attached hydrogens (tertiary/aromatic N) is 1. The summed E-state index contributed by atoms with van der Waals surface area (Å²) in [5.41, 5.74) is -0.157. The Hall–Kier alpha value is -0.290. The van der Waals surface area contributed by atoms with Crippen molar-refractivity contribution in [2.45, 2.75) is 40.8 Å². The summed E-state index contributed by atoms with van der Waals surface area (Å²) >= 11 is 0. The van der Waals surface area contributed by atoms with Gasteiger partial charge >= 0.3 is 6.18 Å². The van der Waals surface area contributed by atoms with Gasteiger partial charge in [0.2, 0.25) is 0 Å². The van der Waals surface area contributed by atoms with Gasteiger partial charge in [-0.15, -0.1) is 0 Å². The lowest BCUT2D eigenvalue weighted by molar-refractivity contribution is -0.148. The van der Waals surface area contributed by atoms with Gasteiger partial charge in [0.1, 0.15) is 0 Å². The highest BCUT2D eigenvalue weighted by Crippen LogP contribution is 2.21. The summed E-state index contributed by atoms with van der Waals surface area (Å²) in [7, 11) is 0. The van der Waals surface area contributed by atoms with Gasteiger partial charge in [-0.05, 0) is 24.4 Å². The number of rotatable bonds is 8. The average Bonchev–Trinajstić information content (AvgIpc) is 2.12. The fourth-order valence-electron chi connectivity index (χ4n) is 1.89. The van der Waals surface area contributed by atoms with Crippen molar-refractivity contribution in [3.05, 3.63) is 0 Å². The Labute approximate surface area is 109 Å². The van der Waals surface area contributed by atoms with E-state index in [0.29, 0.717) is 19.0 Å². The zero-order valence-corrected chi connectivity index (χ0v) is 12.2. The molecule has 2 nitrogen and oxygen atoms in total. The summed E-state index contributed by atoms with van der Waals surface area (Å²) in [4.78, 5) is 1.46. The molecule has 0 aliphatic heterocycles. The molecule has 0 aromatic heterocycles. The van der Waals surface area contributed by atoms with Crippen molar-refractivity contribution in [2.24, 2.45) is 11.3 Å². The summed E-state index contributed by atoms with van der Waals surface area (Å²) in [6, 6.07) is 0. The van der Waals surface area contributed by atoms with E-state index in [-0.39, 0.29) is 5.41 Å². The SMILES string of the molecule is CCN(CC(F)(F)F)CC(C)(C)CNCC(C)C. The molecule has 1 N–H and O–H groups in total. The van der Waals surface area contributed by atoms with E-state index in [9.17, 15) is 13.2 Å². The third-order valence-corrected chi connectivity index (χ3v) is 2.66. The molecule has 0 bridgehead atoms. The number of halogens is 3. The van der Waals surface area contributed by atoms with E-state index in [1.807, 2.05) is 13.8 Å². The molecule has 0 aliphatic rings. The van der Waals surface area contributed by atoms with E-state index >= 15 is 0 Å². The molecule has 0 radical (unpaired) electrons. The lowest BCUT2D eigenvalue weighted by Crippen LogP contribution is -2.44. The third kappa shape index (κ3) is 9.71. The molecule has 0 aromatic carbocycles. The summed E-state index contributed by atoms with van der Waals surface area (Å²) in [6.07, 6.45) is -4.11. The second-order valence-corrected chi connectivity index (χ2v) is 6.11. The van der Waals surface area contributed by atoms with Crippen LogP contribution in [0.3, 0.4) is 0 Å². The first-order chi connectivity index (χ1) is 8.06. The monoisotopic (exact) mass is 268 g/mol. The molecule has 0 saturated carbocycles. The van der Waals surface area contributed by atoms with E-state index in [4.69, 9.17) is 0 Å². The van der Waals surface area contributed by atoms with Gasteiger partial charge < -0.3 is 5.32 Å². The van der Waals surface area contributed by atoms with E-state index in [0.717, 1.165) is 13.1 Å². The van der Waals surface area contributed by atoms with Crippen LogP contribution in [0.5, 0.6) is 0 Å². The highest BCUT2D eigenvalue weighted by molar-refractivity contribution is 4.77. The van der Waals surface area contributed by atoms with Crippen molar-refractivity contribution in [1.82, 2.24) is 10.2 Å². The maximum absolute atomic E-state index is 12.4. The molecule has 0 fully saturated rings. The lowest BCUT2D eigenvalue weighted by Gasteiger charge is -2.33. The minimum Gasteiger partial charge on any atom is -0.316 e. The Morgan fingerprint density at radius 3 is 2.06 bits per heavy atom. The lowest BCUT2D eigenvalue weighted by atomic mass is 9.92. The van der Waals surface area contributed by atoms with Crippen LogP contribution < -0.4 is 5.32 Å². The molecule has 0 unspecified atom stereocenters. The fraction of sp³-hybridized carbons (Fsp3) is 1.00. The first-order valence-corrected chi connectivity index (χ1v) is 6.55. The predicted molar refractivity (Wildman–Crippen MR) is 69.7 cm³/mol. The van der Waals surface area contributed by atoms with Crippen molar-refractivity contribution < 1.29 is 13.2 Å². The van der Waals surface area contributed by atoms with E-state index in [2.05, 4.69) is 19.2 Å². The molecule has 0 spiro atoms.